The standard InChI is InChI=1S/C15H17N3O/c1-11-4-5-13(14(16)9-11)15(19)18-8-6-12-3-2-7-17-10-12/h2-5,7,9-10H,6,8,16H2,1H3,(H,18,19). The van der Waals surface area contributed by atoms with Crippen molar-refractivity contribution in [3.63, 3.8) is 0 Å². The molecule has 2 aromatic rings. The molecule has 2 rings (SSSR count). The number of rotatable bonds is 4. The quantitative estimate of drug-likeness (QED) is 0.820. The van der Waals surface area contributed by atoms with Gasteiger partial charge in [0.1, 0.15) is 0 Å². The Hall–Kier alpha value is -2.36. The second-order valence-corrected chi connectivity index (χ2v) is 4.46. The van der Waals surface area contributed by atoms with Crippen LogP contribution in [-0.4, -0.2) is 17.4 Å². The van der Waals surface area contributed by atoms with E-state index in [2.05, 4.69) is 10.3 Å². The Labute approximate surface area is 112 Å². The molecule has 98 valence electrons. The predicted molar refractivity (Wildman–Crippen MR) is 75.9 cm³/mol. The van der Waals surface area contributed by atoms with Crippen LogP contribution >= 0.6 is 0 Å². The van der Waals surface area contributed by atoms with E-state index in [-0.39, 0.29) is 5.91 Å². The summed E-state index contributed by atoms with van der Waals surface area (Å²) >= 11 is 0. The van der Waals surface area contributed by atoms with E-state index in [0.717, 1.165) is 17.5 Å². The average Bonchev–Trinajstić information content (AvgIpc) is 2.39. The Bertz CT molecular complexity index is 567. The van der Waals surface area contributed by atoms with Gasteiger partial charge in [0.15, 0.2) is 0 Å². The maximum atomic E-state index is 12.0. The molecule has 19 heavy (non-hydrogen) atoms. The highest BCUT2D eigenvalue weighted by Gasteiger charge is 2.08. The summed E-state index contributed by atoms with van der Waals surface area (Å²) in [6.45, 7) is 2.51. The lowest BCUT2D eigenvalue weighted by molar-refractivity contribution is 0.0955. The molecule has 1 amide bonds. The fourth-order valence-corrected chi connectivity index (χ4v) is 1.85. The van der Waals surface area contributed by atoms with E-state index in [0.29, 0.717) is 17.8 Å². The largest absolute Gasteiger partial charge is 0.398 e. The van der Waals surface area contributed by atoms with Gasteiger partial charge in [-0.25, -0.2) is 0 Å². The third kappa shape index (κ3) is 3.55. The number of nitrogen functional groups attached to an aromatic ring is 1. The molecule has 0 saturated heterocycles. The second-order valence-electron chi connectivity index (χ2n) is 4.46. The van der Waals surface area contributed by atoms with Crippen LogP contribution in [-0.2, 0) is 6.42 Å². The Morgan fingerprint density at radius 3 is 2.89 bits per heavy atom. The molecule has 4 heteroatoms. The van der Waals surface area contributed by atoms with E-state index < -0.39 is 0 Å². The third-order valence-corrected chi connectivity index (χ3v) is 2.87. The number of benzene rings is 1. The number of pyridine rings is 1. The Morgan fingerprint density at radius 1 is 1.37 bits per heavy atom. The molecule has 1 aromatic heterocycles. The molecule has 0 aliphatic heterocycles. The fourth-order valence-electron chi connectivity index (χ4n) is 1.85. The minimum absolute atomic E-state index is 0.138. The summed E-state index contributed by atoms with van der Waals surface area (Å²) in [5.74, 6) is -0.138. The predicted octanol–water partition coefficient (Wildman–Crippen LogP) is 1.94. The summed E-state index contributed by atoms with van der Waals surface area (Å²) in [5.41, 5.74) is 9.01. The number of carbonyl (C=O) groups excluding carboxylic acids is 1. The molecule has 4 nitrogen and oxygen atoms in total. The summed E-state index contributed by atoms with van der Waals surface area (Å²) in [6.07, 6.45) is 4.28. The first-order valence-electron chi connectivity index (χ1n) is 6.20. The molecular weight excluding hydrogens is 238 g/mol. The molecule has 0 bridgehead atoms. The normalized spacial score (nSPS) is 10.2. The summed E-state index contributed by atoms with van der Waals surface area (Å²) in [4.78, 5) is 16.0. The number of carbonyl (C=O) groups is 1. The van der Waals surface area contributed by atoms with E-state index in [1.807, 2.05) is 25.1 Å². The van der Waals surface area contributed by atoms with Crippen LogP contribution in [0.15, 0.2) is 42.7 Å². The number of nitrogens with one attached hydrogen (secondary N) is 1. The van der Waals surface area contributed by atoms with Gasteiger partial charge in [-0.15, -0.1) is 0 Å². The Morgan fingerprint density at radius 2 is 2.21 bits per heavy atom. The Kier molecular flexibility index (Phi) is 4.13. The van der Waals surface area contributed by atoms with Crippen molar-refractivity contribution >= 4 is 11.6 Å². The van der Waals surface area contributed by atoms with Gasteiger partial charge in [0.2, 0.25) is 0 Å². The van der Waals surface area contributed by atoms with Crippen molar-refractivity contribution < 1.29 is 4.79 Å². The smallest absolute Gasteiger partial charge is 0.253 e. The van der Waals surface area contributed by atoms with E-state index >= 15 is 0 Å². The molecule has 0 saturated carbocycles. The number of amides is 1. The zero-order valence-corrected chi connectivity index (χ0v) is 10.9. The number of hydrogen-bond donors (Lipinski definition) is 2. The monoisotopic (exact) mass is 255 g/mol. The fraction of sp³-hybridized carbons (Fsp3) is 0.200. The highest BCUT2D eigenvalue weighted by Crippen LogP contribution is 2.13. The van der Waals surface area contributed by atoms with Crippen LogP contribution in [0.2, 0.25) is 0 Å². The topological polar surface area (TPSA) is 68.0 Å². The maximum absolute atomic E-state index is 12.0. The third-order valence-electron chi connectivity index (χ3n) is 2.87. The summed E-state index contributed by atoms with van der Waals surface area (Å²) in [7, 11) is 0. The SMILES string of the molecule is Cc1ccc(C(=O)NCCc2cccnc2)c(N)c1. The molecule has 0 aliphatic carbocycles. The highest BCUT2D eigenvalue weighted by atomic mass is 16.1. The van der Waals surface area contributed by atoms with Crippen molar-refractivity contribution in [2.75, 3.05) is 12.3 Å². The van der Waals surface area contributed by atoms with Crippen LogP contribution in [0.3, 0.4) is 0 Å². The van der Waals surface area contributed by atoms with Crippen molar-refractivity contribution in [3.8, 4) is 0 Å². The molecule has 1 aromatic carbocycles. The van der Waals surface area contributed by atoms with Crippen molar-refractivity contribution in [1.82, 2.24) is 10.3 Å². The van der Waals surface area contributed by atoms with Crippen LogP contribution in [0, 0.1) is 6.92 Å². The van der Waals surface area contributed by atoms with Gasteiger partial charge in [0.05, 0.1) is 5.56 Å². The lowest BCUT2D eigenvalue weighted by Crippen LogP contribution is -2.26. The van der Waals surface area contributed by atoms with Gasteiger partial charge in [0.25, 0.3) is 5.91 Å². The molecule has 0 fully saturated rings. The first-order valence-corrected chi connectivity index (χ1v) is 6.20. The van der Waals surface area contributed by atoms with Gasteiger partial charge >= 0.3 is 0 Å². The molecular formula is C15H17N3O. The number of aromatic nitrogens is 1. The van der Waals surface area contributed by atoms with Crippen LogP contribution in [0.25, 0.3) is 0 Å². The van der Waals surface area contributed by atoms with E-state index in [4.69, 9.17) is 5.73 Å². The van der Waals surface area contributed by atoms with Crippen molar-refractivity contribution in [2.24, 2.45) is 0 Å². The van der Waals surface area contributed by atoms with Crippen LogP contribution in [0.4, 0.5) is 5.69 Å². The van der Waals surface area contributed by atoms with Crippen molar-refractivity contribution in [1.29, 1.82) is 0 Å². The molecule has 0 spiro atoms. The van der Waals surface area contributed by atoms with Gasteiger partial charge < -0.3 is 11.1 Å². The van der Waals surface area contributed by atoms with Gasteiger partial charge in [-0.1, -0.05) is 12.1 Å². The molecule has 3 N–H and O–H groups in total. The summed E-state index contributed by atoms with van der Waals surface area (Å²) in [6, 6.07) is 9.31. The molecule has 0 unspecified atom stereocenters. The first kappa shape index (κ1) is 13.1. The summed E-state index contributed by atoms with van der Waals surface area (Å²) in [5, 5.41) is 2.86. The number of aryl methyl sites for hydroxylation is 1. The van der Waals surface area contributed by atoms with Crippen molar-refractivity contribution in [2.45, 2.75) is 13.3 Å². The average molecular weight is 255 g/mol. The molecule has 1 heterocycles. The maximum Gasteiger partial charge on any atom is 0.253 e. The van der Waals surface area contributed by atoms with Gasteiger partial charge in [-0.3, -0.25) is 9.78 Å². The van der Waals surface area contributed by atoms with Crippen molar-refractivity contribution in [3.05, 3.63) is 59.4 Å². The van der Waals surface area contributed by atoms with Gasteiger partial charge in [0, 0.05) is 24.6 Å². The second kappa shape index (κ2) is 6.00. The van der Waals surface area contributed by atoms with Crippen LogP contribution < -0.4 is 11.1 Å². The number of hydrogen-bond acceptors (Lipinski definition) is 3. The van der Waals surface area contributed by atoms with Crippen LogP contribution in [0.1, 0.15) is 21.5 Å². The lowest BCUT2D eigenvalue weighted by Gasteiger charge is -2.08. The number of nitrogens with zero attached hydrogens (tertiary/aromatic N) is 1. The minimum Gasteiger partial charge on any atom is -0.398 e. The van der Waals surface area contributed by atoms with E-state index in [1.165, 1.54) is 0 Å². The minimum atomic E-state index is -0.138. The lowest BCUT2D eigenvalue weighted by atomic mass is 10.1. The molecule has 0 atom stereocenters. The zero-order chi connectivity index (χ0) is 13.7. The van der Waals surface area contributed by atoms with Crippen LogP contribution in [0.5, 0.6) is 0 Å². The number of anilines is 1. The van der Waals surface area contributed by atoms with E-state index in [9.17, 15) is 4.79 Å². The number of nitrogens with two attached hydrogens (primary N) is 1. The molecule has 0 aliphatic rings. The summed E-state index contributed by atoms with van der Waals surface area (Å²) < 4.78 is 0. The molecule has 0 radical (unpaired) electrons. The first-order chi connectivity index (χ1) is 9.16. The highest BCUT2D eigenvalue weighted by molar-refractivity contribution is 5.99. The van der Waals surface area contributed by atoms with E-state index in [1.54, 1.807) is 24.5 Å². The van der Waals surface area contributed by atoms with Gasteiger partial charge in [-0.05, 0) is 42.7 Å². The Balaban J connectivity index is 1.91. The van der Waals surface area contributed by atoms with Gasteiger partial charge in [-0.2, -0.15) is 0 Å². The zero-order valence-electron chi connectivity index (χ0n) is 10.9.